The van der Waals surface area contributed by atoms with Gasteiger partial charge in [0.1, 0.15) is 17.6 Å². The Labute approximate surface area is 167 Å². The number of piperidine rings is 1. The van der Waals surface area contributed by atoms with Crippen molar-refractivity contribution in [1.82, 2.24) is 14.5 Å². The van der Waals surface area contributed by atoms with Gasteiger partial charge in [-0.05, 0) is 43.4 Å². The van der Waals surface area contributed by atoms with Crippen molar-refractivity contribution < 1.29 is 4.79 Å². The summed E-state index contributed by atoms with van der Waals surface area (Å²) < 4.78 is 1.84. The average Bonchev–Trinajstić information content (AvgIpc) is 3.09. The first kappa shape index (κ1) is 18.6. The topological polar surface area (TPSA) is 80.1 Å². The van der Waals surface area contributed by atoms with Crippen molar-refractivity contribution in [2.24, 2.45) is 5.92 Å². The zero-order valence-electron chi connectivity index (χ0n) is 16.0. The molecule has 146 valence electrons. The van der Waals surface area contributed by atoms with Gasteiger partial charge in [0, 0.05) is 18.8 Å². The van der Waals surface area contributed by atoms with Crippen molar-refractivity contribution in [3.63, 3.8) is 0 Å². The first-order valence-electron chi connectivity index (χ1n) is 9.47. The molecule has 0 radical (unpaired) electrons. The smallest absolute Gasteiger partial charge is 0.273 e. The minimum Gasteiger partial charge on any atom is -0.348 e. The molecule has 1 fully saturated rings. The molecule has 1 saturated heterocycles. The Morgan fingerprint density at radius 2 is 2.25 bits per heavy atom. The Kier molecular flexibility index (Phi) is 5.13. The Balaban J connectivity index is 1.54. The standard InChI is InChI=1S/C20H23N5O2S/c1-13-5-3-7-15(9-13)22-16(26)11-25-12-21-18-17(19(25)27)28-20(23-18)24-8-4-6-14(2)10-24/h3,5,7,9,12,14H,4,6,8,10-11H2,1-2H3,(H,22,26)/t14-/m1/s1. The molecule has 1 N–H and O–H groups in total. The van der Waals surface area contributed by atoms with Crippen LogP contribution in [0.15, 0.2) is 35.4 Å². The highest BCUT2D eigenvalue weighted by atomic mass is 32.1. The SMILES string of the molecule is Cc1cccc(NC(=O)Cn2cnc3nc(N4CCC[C@@H](C)C4)sc3c2=O)c1. The molecule has 1 aliphatic rings. The molecular weight excluding hydrogens is 374 g/mol. The molecule has 1 atom stereocenters. The molecule has 7 nitrogen and oxygen atoms in total. The lowest BCUT2D eigenvalue weighted by Gasteiger charge is -2.30. The number of anilines is 2. The normalized spacial score (nSPS) is 17.1. The number of rotatable bonds is 4. The zero-order valence-corrected chi connectivity index (χ0v) is 16.8. The van der Waals surface area contributed by atoms with Gasteiger partial charge in [-0.25, -0.2) is 4.98 Å². The fourth-order valence-corrected chi connectivity index (χ4v) is 4.53. The molecule has 0 aliphatic carbocycles. The van der Waals surface area contributed by atoms with E-state index in [4.69, 9.17) is 0 Å². The number of hydrogen-bond acceptors (Lipinski definition) is 6. The molecule has 1 amide bonds. The van der Waals surface area contributed by atoms with E-state index >= 15 is 0 Å². The van der Waals surface area contributed by atoms with Gasteiger partial charge in [-0.2, -0.15) is 4.98 Å². The van der Waals surface area contributed by atoms with Gasteiger partial charge in [-0.3, -0.25) is 14.2 Å². The minimum atomic E-state index is -0.261. The Hall–Kier alpha value is -2.74. The van der Waals surface area contributed by atoms with Gasteiger partial charge in [-0.15, -0.1) is 0 Å². The summed E-state index contributed by atoms with van der Waals surface area (Å²) in [4.78, 5) is 36.3. The number of aryl methyl sites for hydroxylation is 1. The number of nitrogens with zero attached hydrogens (tertiary/aromatic N) is 4. The third kappa shape index (κ3) is 3.91. The number of benzene rings is 1. The number of hydrogen-bond donors (Lipinski definition) is 1. The highest BCUT2D eigenvalue weighted by molar-refractivity contribution is 7.22. The fraction of sp³-hybridized carbons (Fsp3) is 0.400. The van der Waals surface area contributed by atoms with Crippen molar-refractivity contribution >= 4 is 38.4 Å². The maximum absolute atomic E-state index is 12.8. The number of thiazole rings is 1. The molecule has 8 heteroatoms. The summed E-state index contributed by atoms with van der Waals surface area (Å²) in [6, 6.07) is 7.55. The van der Waals surface area contributed by atoms with Crippen LogP contribution < -0.4 is 15.8 Å². The lowest BCUT2D eigenvalue weighted by atomic mass is 10.0. The summed E-state index contributed by atoms with van der Waals surface area (Å²) in [5.74, 6) is 0.360. The van der Waals surface area contributed by atoms with Gasteiger partial charge < -0.3 is 10.2 Å². The van der Waals surface area contributed by atoms with Crippen LogP contribution in [-0.2, 0) is 11.3 Å². The van der Waals surface area contributed by atoms with Crippen molar-refractivity contribution in [2.75, 3.05) is 23.3 Å². The van der Waals surface area contributed by atoms with E-state index in [9.17, 15) is 9.59 Å². The maximum Gasteiger partial charge on any atom is 0.273 e. The molecule has 3 heterocycles. The quantitative estimate of drug-likeness (QED) is 0.732. The van der Waals surface area contributed by atoms with Crippen LogP contribution in [0.2, 0.25) is 0 Å². The fourth-order valence-electron chi connectivity index (χ4n) is 3.52. The van der Waals surface area contributed by atoms with Crippen LogP contribution in [0.25, 0.3) is 10.3 Å². The minimum absolute atomic E-state index is 0.0797. The third-order valence-corrected chi connectivity index (χ3v) is 6.01. The van der Waals surface area contributed by atoms with Gasteiger partial charge in [0.05, 0.1) is 0 Å². The number of carbonyl (C=O) groups is 1. The molecule has 0 bridgehead atoms. The van der Waals surface area contributed by atoms with Crippen molar-refractivity contribution in [3.05, 3.63) is 46.5 Å². The largest absolute Gasteiger partial charge is 0.348 e. The van der Waals surface area contributed by atoms with E-state index in [1.54, 1.807) is 0 Å². The van der Waals surface area contributed by atoms with Crippen LogP contribution in [-0.4, -0.2) is 33.5 Å². The first-order chi connectivity index (χ1) is 13.5. The van der Waals surface area contributed by atoms with Gasteiger partial charge in [0.15, 0.2) is 10.8 Å². The van der Waals surface area contributed by atoms with Crippen molar-refractivity contribution in [2.45, 2.75) is 33.2 Å². The summed E-state index contributed by atoms with van der Waals surface area (Å²) in [7, 11) is 0. The van der Waals surface area contributed by atoms with E-state index in [0.717, 1.165) is 30.2 Å². The lowest BCUT2D eigenvalue weighted by molar-refractivity contribution is -0.116. The average molecular weight is 398 g/mol. The maximum atomic E-state index is 12.8. The van der Waals surface area contributed by atoms with Crippen molar-refractivity contribution in [3.8, 4) is 0 Å². The van der Waals surface area contributed by atoms with Crippen LogP contribution in [0.1, 0.15) is 25.3 Å². The van der Waals surface area contributed by atoms with E-state index in [-0.39, 0.29) is 18.0 Å². The van der Waals surface area contributed by atoms with E-state index in [0.29, 0.717) is 22.0 Å². The highest BCUT2D eigenvalue weighted by Crippen LogP contribution is 2.29. The van der Waals surface area contributed by atoms with Crippen LogP contribution in [0, 0.1) is 12.8 Å². The first-order valence-corrected chi connectivity index (χ1v) is 10.3. The van der Waals surface area contributed by atoms with E-state index in [1.807, 2.05) is 31.2 Å². The molecule has 3 aromatic rings. The molecule has 28 heavy (non-hydrogen) atoms. The van der Waals surface area contributed by atoms with Gasteiger partial charge >= 0.3 is 0 Å². The number of aromatic nitrogens is 3. The molecular formula is C20H23N5O2S. The Morgan fingerprint density at radius 3 is 3.04 bits per heavy atom. The molecule has 2 aromatic heterocycles. The lowest BCUT2D eigenvalue weighted by Crippen LogP contribution is -2.34. The zero-order chi connectivity index (χ0) is 19.7. The molecule has 0 saturated carbocycles. The molecule has 0 unspecified atom stereocenters. The van der Waals surface area contributed by atoms with Crippen LogP contribution in [0.4, 0.5) is 10.8 Å². The van der Waals surface area contributed by atoms with Gasteiger partial charge in [-0.1, -0.05) is 30.4 Å². The molecule has 0 spiro atoms. The van der Waals surface area contributed by atoms with Crippen LogP contribution in [0.3, 0.4) is 0 Å². The molecule has 1 aliphatic heterocycles. The predicted molar refractivity (Wildman–Crippen MR) is 112 cm³/mol. The summed E-state index contributed by atoms with van der Waals surface area (Å²) in [6.45, 7) is 6.02. The Bertz CT molecular complexity index is 1070. The van der Waals surface area contributed by atoms with Gasteiger partial charge in [0.2, 0.25) is 5.91 Å². The summed E-state index contributed by atoms with van der Waals surface area (Å²) in [5.41, 5.74) is 2.01. The summed E-state index contributed by atoms with van der Waals surface area (Å²) >= 11 is 1.37. The molecule has 1 aromatic carbocycles. The predicted octanol–water partition coefficient (Wildman–Crippen LogP) is 3.04. The Morgan fingerprint density at radius 1 is 1.39 bits per heavy atom. The van der Waals surface area contributed by atoms with Gasteiger partial charge in [0.25, 0.3) is 5.56 Å². The second-order valence-electron chi connectivity index (χ2n) is 7.44. The van der Waals surface area contributed by atoms with E-state index < -0.39 is 0 Å². The monoisotopic (exact) mass is 397 g/mol. The highest BCUT2D eigenvalue weighted by Gasteiger charge is 2.21. The van der Waals surface area contributed by atoms with Crippen LogP contribution in [0.5, 0.6) is 0 Å². The summed E-state index contributed by atoms with van der Waals surface area (Å²) in [6.07, 6.45) is 3.76. The second kappa shape index (κ2) is 7.71. The van der Waals surface area contributed by atoms with E-state index in [1.165, 1.54) is 28.7 Å². The van der Waals surface area contributed by atoms with Crippen molar-refractivity contribution in [1.29, 1.82) is 0 Å². The number of fused-ring (bicyclic) bond motifs is 1. The molecule has 4 rings (SSSR count). The number of nitrogens with one attached hydrogen (secondary N) is 1. The van der Waals surface area contributed by atoms with Crippen LogP contribution >= 0.6 is 11.3 Å². The second-order valence-corrected chi connectivity index (χ2v) is 8.42. The third-order valence-electron chi connectivity index (χ3n) is 4.92. The van der Waals surface area contributed by atoms with E-state index in [2.05, 4.69) is 27.1 Å². The number of carbonyl (C=O) groups excluding carboxylic acids is 1. The number of amides is 1. The summed E-state index contributed by atoms with van der Waals surface area (Å²) in [5, 5.41) is 3.66.